The average molecular weight is 386 g/mol. The summed E-state index contributed by atoms with van der Waals surface area (Å²) in [6.45, 7) is 4.25. The lowest BCUT2D eigenvalue weighted by Gasteiger charge is -2.34. The lowest BCUT2D eigenvalue weighted by Crippen LogP contribution is -2.45. The minimum Gasteiger partial charge on any atom is -0.342 e. The maximum Gasteiger partial charge on any atom is 0.228 e. The fourth-order valence-corrected chi connectivity index (χ4v) is 4.12. The molecule has 2 aliphatic heterocycles. The van der Waals surface area contributed by atoms with Crippen molar-refractivity contribution >= 4 is 17.5 Å². The van der Waals surface area contributed by atoms with Crippen molar-refractivity contribution in [3.63, 3.8) is 0 Å². The third-order valence-electron chi connectivity index (χ3n) is 5.50. The van der Waals surface area contributed by atoms with E-state index in [4.69, 9.17) is 16.6 Å². The lowest BCUT2D eigenvalue weighted by molar-refractivity contribution is -0.136. The summed E-state index contributed by atoms with van der Waals surface area (Å²) in [7, 11) is 0. The number of hydrogen-bond donors (Lipinski definition) is 2. The van der Waals surface area contributed by atoms with Crippen LogP contribution in [0.1, 0.15) is 31.4 Å². The van der Waals surface area contributed by atoms with Crippen LogP contribution in [0.2, 0.25) is 5.02 Å². The van der Waals surface area contributed by atoms with E-state index in [-0.39, 0.29) is 23.8 Å². The fourth-order valence-electron chi connectivity index (χ4n) is 3.93. The molecule has 2 aliphatic rings. The van der Waals surface area contributed by atoms with Crippen molar-refractivity contribution in [3.8, 4) is 11.3 Å². The molecule has 0 radical (unpaired) electrons. The van der Waals surface area contributed by atoms with Gasteiger partial charge in [-0.3, -0.25) is 20.6 Å². The number of hydrazine groups is 1. The number of rotatable bonds is 3. The highest BCUT2D eigenvalue weighted by Crippen LogP contribution is 2.29. The number of nitrogens with one attached hydrogen (secondary N) is 2. The number of hydrogen-bond acceptors (Lipinski definition) is 5. The summed E-state index contributed by atoms with van der Waals surface area (Å²) in [6, 6.07) is 7.80. The summed E-state index contributed by atoms with van der Waals surface area (Å²) in [5, 5.41) is 0.682. The highest BCUT2D eigenvalue weighted by molar-refractivity contribution is 6.30. The van der Waals surface area contributed by atoms with Crippen molar-refractivity contribution < 1.29 is 4.79 Å². The van der Waals surface area contributed by atoms with E-state index in [1.54, 1.807) is 6.20 Å². The first kappa shape index (κ1) is 18.3. The van der Waals surface area contributed by atoms with Gasteiger partial charge in [-0.25, -0.2) is 4.98 Å². The van der Waals surface area contributed by atoms with E-state index in [9.17, 15) is 4.79 Å². The molecular weight excluding hydrogens is 362 g/mol. The molecular formula is C20H24ClN5O. The summed E-state index contributed by atoms with van der Waals surface area (Å²) in [5.74, 6) is 0.434. The van der Waals surface area contributed by atoms with E-state index in [0.29, 0.717) is 18.1 Å². The van der Waals surface area contributed by atoms with Crippen molar-refractivity contribution in [1.82, 2.24) is 25.7 Å². The van der Waals surface area contributed by atoms with E-state index in [1.807, 2.05) is 42.3 Å². The maximum atomic E-state index is 12.9. The van der Waals surface area contributed by atoms with E-state index in [0.717, 1.165) is 36.3 Å². The van der Waals surface area contributed by atoms with Gasteiger partial charge in [-0.05, 0) is 31.9 Å². The highest BCUT2D eigenvalue weighted by atomic mass is 35.5. The molecule has 0 bridgehead atoms. The van der Waals surface area contributed by atoms with Gasteiger partial charge in [-0.15, -0.1) is 0 Å². The Bertz CT molecular complexity index is 830. The number of amides is 1. The van der Waals surface area contributed by atoms with Crippen molar-refractivity contribution in [3.05, 3.63) is 47.4 Å². The van der Waals surface area contributed by atoms with Crippen LogP contribution in [0.4, 0.5) is 0 Å². The van der Waals surface area contributed by atoms with E-state index in [2.05, 4.69) is 15.8 Å². The van der Waals surface area contributed by atoms with Gasteiger partial charge >= 0.3 is 0 Å². The lowest BCUT2D eigenvalue weighted by atomic mass is 9.92. The molecule has 3 unspecified atom stereocenters. The van der Waals surface area contributed by atoms with Crippen LogP contribution in [-0.4, -0.2) is 46.5 Å². The molecule has 2 N–H and O–H groups in total. The number of nitrogens with zero attached hydrogens (tertiary/aromatic N) is 3. The largest absolute Gasteiger partial charge is 0.342 e. The Hall–Kier alpha value is -2.02. The first-order valence-corrected chi connectivity index (χ1v) is 9.84. The number of carbonyl (C=O) groups excluding carboxylic acids is 1. The second kappa shape index (κ2) is 7.92. The van der Waals surface area contributed by atoms with Gasteiger partial charge in [-0.1, -0.05) is 23.7 Å². The number of halogens is 1. The van der Waals surface area contributed by atoms with Gasteiger partial charge in [0, 0.05) is 48.4 Å². The normalized spacial score (nSPS) is 25.6. The summed E-state index contributed by atoms with van der Waals surface area (Å²) < 4.78 is 0. The molecule has 0 saturated carbocycles. The number of benzene rings is 1. The predicted octanol–water partition coefficient (Wildman–Crippen LogP) is 2.62. The van der Waals surface area contributed by atoms with Crippen LogP contribution in [0.25, 0.3) is 11.3 Å². The third-order valence-corrected chi connectivity index (χ3v) is 5.73. The number of likely N-dealkylation sites (tertiary alicyclic amines) is 1. The molecule has 0 spiro atoms. The SMILES string of the molecule is CC1NNCC1C(=O)N1CCCC(c2cncc(-c3cccc(Cl)c3)n2)C1. The number of carbonyl (C=O) groups is 1. The van der Waals surface area contributed by atoms with Gasteiger partial charge in [-0.2, -0.15) is 0 Å². The predicted molar refractivity (Wildman–Crippen MR) is 105 cm³/mol. The molecule has 1 aromatic heterocycles. The number of piperidine rings is 1. The summed E-state index contributed by atoms with van der Waals surface area (Å²) in [6.07, 6.45) is 5.60. The number of aromatic nitrogens is 2. The quantitative estimate of drug-likeness (QED) is 0.849. The molecule has 3 heterocycles. The molecule has 7 heteroatoms. The van der Waals surface area contributed by atoms with Gasteiger partial charge in [0.05, 0.1) is 23.5 Å². The first-order valence-electron chi connectivity index (χ1n) is 9.47. The van der Waals surface area contributed by atoms with E-state index in [1.165, 1.54) is 0 Å². The van der Waals surface area contributed by atoms with Gasteiger partial charge < -0.3 is 4.90 Å². The zero-order chi connectivity index (χ0) is 18.8. The standard InChI is InChI=1S/C20H24ClN5O/c1-13-17(9-23-25-13)20(27)26-7-3-5-15(12-26)19-11-22-10-18(24-19)14-4-2-6-16(21)8-14/h2,4,6,8,10-11,13,15,17,23,25H,3,5,7,9,12H2,1H3. The van der Waals surface area contributed by atoms with Crippen LogP contribution in [0.3, 0.4) is 0 Å². The second-order valence-corrected chi connectivity index (χ2v) is 7.82. The van der Waals surface area contributed by atoms with E-state index >= 15 is 0 Å². The molecule has 4 rings (SSSR count). The zero-order valence-electron chi connectivity index (χ0n) is 15.4. The van der Waals surface area contributed by atoms with Crippen LogP contribution < -0.4 is 10.9 Å². The summed E-state index contributed by atoms with van der Waals surface area (Å²) in [5.41, 5.74) is 8.93. The minimum absolute atomic E-state index is 0.00682. The first-order chi connectivity index (χ1) is 13.1. The van der Waals surface area contributed by atoms with Crippen LogP contribution in [0, 0.1) is 5.92 Å². The van der Waals surface area contributed by atoms with Crippen molar-refractivity contribution in [2.45, 2.75) is 31.7 Å². The Labute approximate surface area is 164 Å². The Morgan fingerprint density at radius 3 is 3.00 bits per heavy atom. The molecule has 6 nitrogen and oxygen atoms in total. The molecule has 2 aromatic rings. The highest BCUT2D eigenvalue weighted by Gasteiger charge is 2.35. The Kier molecular flexibility index (Phi) is 5.38. The second-order valence-electron chi connectivity index (χ2n) is 7.38. The molecule has 0 aliphatic carbocycles. The van der Waals surface area contributed by atoms with Gasteiger partial charge in [0.15, 0.2) is 0 Å². The molecule has 2 saturated heterocycles. The van der Waals surface area contributed by atoms with Crippen molar-refractivity contribution in [1.29, 1.82) is 0 Å². The molecule has 142 valence electrons. The van der Waals surface area contributed by atoms with Gasteiger partial charge in [0.1, 0.15) is 0 Å². The molecule has 3 atom stereocenters. The monoisotopic (exact) mass is 385 g/mol. The minimum atomic E-state index is -0.00682. The smallest absolute Gasteiger partial charge is 0.228 e. The van der Waals surface area contributed by atoms with Crippen LogP contribution in [0.15, 0.2) is 36.7 Å². The van der Waals surface area contributed by atoms with Crippen molar-refractivity contribution in [2.75, 3.05) is 19.6 Å². The van der Waals surface area contributed by atoms with Crippen LogP contribution >= 0.6 is 11.6 Å². The van der Waals surface area contributed by atoms with Crippen LogP contribution in [-0.2, 0) is 4.79 Å². The summed E-state index contributed by atoms with van der Waals surface area (Å²) >= 11 is 6.11. The third kappa shape index (κ3) is 3.98. The molecule has 1 amide bonds. The van der Waals surface area contributed by atoms with Gasteiger partial charge in [0.25, 0.3) is 0 Å². The molecule has 27 heavy (non-hydrogen) atoms. The van der Waals surface area contributed by atoms with Crippen LogP contribution in [0.5, 0.6) is 0 Å². The molecule has 2 fully saturated rings. The topological polar surface area (TPSA) is 70.2 Å². The van der Waals surface area contributed by atoms with E-state index < -0.39 is 0 Å². The van der Waals surface area contributed by atoms with Crippen molar-refractivity contribution in [2.24, 2.45) is 5.92 Å². The Morgan fingerprint density at radius 2 is 2.22 bits per heavy atom. The average Bonchev–Trinajstić information content (AvgIpc) is 3.13. The maximum absolute atomic E-state index is 12.9. The fraction of sp³-hybridized carbons (Fsp3) is 0.450. The Balaban J connectivity index is 1.51. The summed E-state index contributed by atoms with van der Waals surface area (Å²) in [4.78, 5) is 24.1. The Morgan fingerprint density at radius 1 is 1.33 bits per heavy atom. The zero-order valence-corrected chi connectivity index (χ0v) is 16.1. The molecule has 1 aromatic carbocycles. The van der Waals surface area contributed by atoms with Gasteiger partial charge in [0.2, 0.25) is 5.91 Å².